The van der Waals surface area contributed by atoms with Crippen LogP contribution in [0.4, 0.5) is 0 Å². The van der Waals surface area contributed by atoms with Gasteiger partial charge >= 0.3 is 5.97 Å². The Hall–Kier alpha value is -2.32. The molecule has 0 aliphatic heterocycles. The largest absolute Gasteiger partial charge is 0.496 e. The van der Waals surface area contributed by atoms with E-state index in [1.54, 1.807) is 38.3 Å². The maximum absolute atomic E-state index is 11.6. The van der Waals surface area contributed by atoms with Crippen molar-refractivity contribution in [1.82, 2.24) is 4.90 Å². The molecule has 0 amide bonds. The molecule has 0 saturated carbocycles. The highest BCUT2D eigenvalue weighted by atomic mass is 16.5. The smallest absolute Gasteiger partial charge is 0.320 e. The number of esters is 1. The third-order valence-corrected chi connectivity index (χ3v) is 2.85. The van der Waals surface area contributed by atoms with Gasteiger partial charge in [0.25, 0.3) is 0 Å². The summed E-state index contributed by atoms with van der Waals surface area (Å²) in [5.41, 5.74) is 1.41. The van der Waals surface area contributed by atoms with Crippen molar-refractivity contribution in [2.75, 3.05) is 26.8 Å². The number of benzene rings is 1. The molecule has 0 radical (unpaired) electrons. The van der Waals surface area contributed by atoms with Gasteiger partial charge in [0.2, 0.25) is 0 Å². The molecule has 0 N–H and O–H groups in total. The molecule has 0 saturated heterocycles. The second-order valence-corrected chi connectivity index (χ2v) is 4.40. The lowest BCUT2D eigenvalue weighted by atomic mass is 10.1. The Morgan fingerprint density at radius 3 is 2.86 bits per heavy atom. The average Bonchev–Trinajstić information content (AvgIpc) is 2.47. The number of methoxy groups -OCH3 is 1. The highest BCUT2D eigenvalue weighted by Crippen LogP contribution is 2.21. The molecule has 5 nitrogen and oxygen atoms in total. The predicted molar refractivity (Wildman–Crippen MR) is 79.8 cm³/mol. The quantitative estimate of drug-likeness (QED) is 0.541. The maximum Gasteiger partial charge on any atom is 0.320 e. The van der Waals surface area contributed by atoms with Gasteiger partial charge in [-0.3, -0.25) is 9.69 Å². The van der Waals surface area contributed by atoms with E-state index < -0.39 is 0 Å². The molecule has 112 valence electrons. The molecule has 0 aliphatic rings. The Morgan fingerprint density at radius 2 is 2.29 bits per heavy atom. The standard InChI is InChI=1S/C16H20N2O3/c1-4-8-18(12-16(19)21-5-2)11-14-9-13(10-17)6-7-15(14)20-3/h4,6-7,9H,1,5,8,11-12H2,2-3H3. The summed E-state index contributed by atoms with van der Waals surface area (Å²) >= 11 is 0. The second kappa shape index (κ2) is 8.77. The SMILES string of the molecule is C=CCN(CC(=O)OCC)Cc1cc(C#N)ccc1OC. The summed E-state index contributed by atoms with van der Waals surface area (Å²) in [5.74, 6) is 0.404. The Kier molecular flexibility index (Phi) is 6.99. The molecule has 0 heterocycles. The van der Waals surface area contributed by atoms with Crippen LogP contribution in [0.3, 0.4) is 0 Å². The minimum atomic E-state index is -0.283. The van der Waals surface area contributed by atoms with Crippen LogP contribution in [-0.4, -0.2) is 37.7 Å². The van der Waals surface area contributed by atoms with Gasteiger partial charge in [-0.05, 0) is 25.1 Å². The van der Waals surface area contributed by atoms with Crippen LogP contribution in [0.2, 0.25) is 0 Å². The van der Waals surface area contributed by atoms with Crippen molar-refractivity contribution in [1.29, 1.82) is 5.26 Å². The molecular weight excluding hydrogens is 268 g/mol. The minimum Gasteiger partial charge on any atom is -0.496 e. The molecule has 0 spiro atoms. The van der Waals surface area contributed by atoms with Crippen LogP contribution < -0.4 is 4.74 Å². The fourth-order valence-corrected chi connectivity index (χ4v) is 1.97. The summed E-state index contributed by atoms with van der Waals surface area (Å²) < 4.78 is 10.3. The van der Waals surface area contributed by atoms with E-state index in [-0.39, 0.29) is 12.5 Å². The lowest BCUT2D eigenvalue weighted by molar-refractivity contribution is -0.144. The van der Waals surface area contributed by atoms with Gasteiger partial charge in [-0.1, -0.05) is 6.08 Å². The molecule has 1 rings (SSSR count). The summed E-state index contributed by atoms with van der Waals surface area (Å²) in [4.78, 5) is 13.5. The lowest BCUT2D eigenvalue weighted by Crippen LogP contribution is -2.31. The maximum atomic E-state index is 11.6. The van der Waals surface area contributed by atoms with Crippen molar-refractivity contribution in [3.05, 3.63) is 42.0 Å². The van der Waals surface area contributed by atoms with Crippen molar-refractivity contribution in [3.8, 4) is 11.8 Å². The first-order valence-electron chi connectivity index (χ1n) is 6.70. The summed E-state index contributed by atoms with van der Waals surface area (Å²) in [7, 11) is 1.58. The van der Waals surface area contributed by atoms with E-state index in [2.05, 4.69) is 12.6 Å². The van der Waals surface area contributed by atoms with E-state index in [4.69, 9.17) is 14.7 Å². The van der Waals surface area contributed by atoms with Gasteiger partial charge < -0.3 is 9.47 Å². The number of nitriles is 1. The van der Waals surface area contributed by atoms with Gasteiger partial charge in [0.05, 0.1) is 31.9 Å². The first-order valence-corrected chi connectivity index (χ1v) is 6.70. The lowest BCUT2D eigenvalue weighted by Gasteiger charge is -2.21. The van der Waals surface area contributed by atoms with E-state index in [1.165, 1.54) is 0 Å². The van der Waals surface area contributed by atoms with Crippen LogP contribution in [0.15, 0.2) is 30.9 Å². The topological polar surface area (TPSA) is 62.6 Å². The summed E-state index contributed by atoms with van der Waals surface area (Å²) in [5, 5.41) is 8.98. The van der Waals surface area contributed by atoms with Crippen molar-refractivity contribution < 1.29 is 14.3 Å². The van der Waals surface area contributed by atoms with E-state index >= 15 is 0 Å². The van der Waals surface area contributed by atoms with Crippen molar-refractivity contribution in [2.24, 2.45) is 0 Å². The molecule has 5 heteroatoms. The number of hydrogen-bond donors (Lipinski definition) is 0. The minimum absolute atomic E-state index is 0.166. The number of ether oxygens (including phenoxy) is 2. The normalized spacial score (nSPS) is 10.0. The van der Waals surface area contributed by atoms with Crippen LogP contribution in [-0.2, 0) is 16.1 Å². The number of nitrogens with zero attached hydrogens (tertiary/aromatic N) is 2. The summed E-state index contributed by atoms with van der Waals surface area (Å²) in [6, 6.07) is 7.32. The zero-order chi connectivity index (χ0) is 15.7. The van der Waals surface area contributed by atoms with Crippen LogP contribution >= 0.6 is 0 Å². The fraction of sp³-hybridized carbons (Fsp3) is 0.375. The first kappa shape index (κ1) is 16.7. The zero-order valence-electron chi connectivity index (χ0n) is 12.5. The molecule has 0 atom stereocenters. The van der Waals surface area contributed by atoms with Crippen LogP contribution in [0, 0.1) is 11.3 Å². The Bertz CT molecular complexity index is 535. The third kappa shape index (κ3) is 5.28. The molecule has 21 heavy (non-hydrogen) atoms. The molecule has 0 aliphatic carbocycles. The van der Waals surface area contributed by atoms with Crippen LogP contribution in [0.1, 0.15) is 18.1 Å². The fourth-order valence-electron chi connectivity index (χ4n) is 1.97. The molecule has 1 aromatic carbocycles. The molecule has 0 unspecified atom stereocenters. The highest BCUT2D eigenvalue weighted by molar-refractivity contribution is 5.71. The summed E-state index contributed by atoms with van der Waals surface area (Å²) in [6.45, 7) is 7.01. The van der Waals surface area contributed by atoms with E-state index in [0.29, 0.717) is 31.0 Å². The van der Waals surface area contributed by atoms with E-state index in [1.807, 2.05) is 4.90 Å². The third-order valence-electron chi connectivity index (χ3n) is 2.85. The van der Waals surface area contributed by atoms with Gasteiger partial charge in [0.1, 0.15) is 5.75 Å². The van der Waals surface area contributed by atoms with Crippen molar-refractivity contribution in [3.63, 3.8) is 0 Å². The monoisotopic (exact) mass is 288 g/mol. The number of hydrogen-bond acceptors (Lipinski definition) is 5. The molecule has 0 fully saturated rings. The Morgan fingerprint density at radius 1 is 1.52 bits per heavy atom. The zero-order valence-corrected chi connectivity index (χ0v) is 12.5. The average molecular weight is 288 g/mol. The summed E-state index contributed by atoms with van der Waals surface area (Å²) in [6.07, 6.45) is 1.72. The Balaban J connectivity index is 2.89. The molecule has 0 bridgehead atoms. The molecular formula is C16H20N2O3. The van der Waals surface area contributed by atoms with Crippen LogP contribution in [0.5, 0.6) is 5.75 Å². The highest BCUT2D eigenvalue weighted by Gasteiger charge is 2.14. The van der Waals surface area contributed by atoms with Crippen LogP contribution in [0.25, 0.3) is 0 Å². The van der Waals surface area contributed by atoms with Gasteiger partial charge in [-0.2, -0.15) is 5.26 Å². The van der Waals surface area contributed by atoms with E-state index in [9.17, 15) is 4.79 Å². The van der Waals surface area contributed by atoms with Gasteiger partial charge in [-0.25, -0.2) is 0 Å². The first-order chi connectivity index (χ1) is 10.1. The second-order valence-electron chi connectivity index (χ2n) is 4.40. The predicted octanol–water partition coefficient (Wildman–Crippen LogP) is 2.12. The molecule has 1 aromatic rings. The van der Waals surface area contributed by atoms with Gasteiger partial charge in [0, 0.05) is 18.7 Å². The van der Waals surface area contributed by atoms with E-state index in [0.717, 1.165) is 5.56 Å². The van der Waals surface area contributed by atoms with Crippen molar-refractivity contribution >= 4 is 5.97 Å². The van der Waals surface area contributed by atoms with Gasteiger partial charge in [-0.15, -0.1) is 6.58 Å². The number of carbonyl (C=O) groups is 1. The van der Waals surface area contributed by atoms with Crippen molar-refractivity contribution in [2.45, 2.75) is 13.5 Å². The molecule has 0 aromatic heterocycles. The number of rotatable bonds is 8. The number of carbonyl (C=O) groups excluding carboxylic acids is 1. The Labute approximate surface area is 125 Å². The van der Waals surface area contributed by atoms with Gasteiger partial charge in [0.15, 0.2) is 0 Å².